The third-order valence-electron chi connectivity index (χ3n) is 12.5. The predicted molar refractivity (Wildman–Crippen MR) is 198 cm³/mol. The van der Waals surface area contributed by atoms with Crippen LogP contribution in [0.25, 0.3) is 10.9 Å². The van der Waals surface area contributed by atoms with E-state index < -0.39 is 46.6 Å². The van der Waals surface area contributed by atoms with Gasteiger partial charge in [-0.25, -0.2) is 4.79 Å². The number of aromatic amines is 1. The smallest absolute Gasteiger partial charge is 0.333 e. The molecule has 2 saturated heterocycles. The molecule has 1 spiro atoms. The topological polar surface area (TPSA) is 155 Å². The summed E-state index contributed by atoms with van der Waals surface area (Å²) in [5.41, 5.74) is 4.35. The number of aromatic nitrogens is 1. The Bertz CT molecular complexity index is 2310. The Kier molecular flexibility index (Phi) is 7.42. The molecule has 1 aromatic heterocycles. The van der Waals surface area contributed by atoms with Crippen LogP contribution in [0.3, 0.4) is 0 Å². The van der Waals surface area contributed by atoms with E-state index in [0.29, 0.717) is 46.2 Å². The zero-order valence-electron chi connectivity index (χ0n) is 30.7. The summed E-state index contributed by atoms with van der Waals surface area (Å²) < 4.78 is 30.7. The number of carbonyl (C=O) groups excluding carboxylic acids is 2. The van der Waals surface area contributed by atoms with Crippen molar-refractivity contribution in [3.63, 3.8) is 0 Å². The second-order valence-corrected chi connectivity index (χ2v) is 16.6. The van der Waals surface area contributed by atoms with E-state index in [-0.39, 0.29) is 37.9 Å². The van der Waals surface area contributed by atoms with Crippen molar-refractivity contribution in [1.82, 2.24) is 20.1 Å². The molecule has 4 N–H and O–H groups in total. The minimum atomic E-state index is -1.48. The number of hydrogen-bond donors (Lipinski definition) is 4. The lowest BCUT2D eigenvalue weighted by Crippen LogP contribution is -2.70. The van der Waals surface area contributed by atoms with Gasteiger partial charge in [0.2, 0.25) is 6.79 Å². The summed E-state index contributed by atoms with van der Waals surface area (Å²) >= 11 is 1.54. The molecule has 2 unspecified atom stereocenters. The van der Waals surface area contributed by atoms with E-state index in [1.807, 2.05) is 45.2 Å². The quantitative estimate of drug-likeness (QED) is 0.171. The van der Waals surface area contributed by atoms with Crippen LogP contribution in [0.1, 0.15) is 68.9 Å². The summed E-state index contributed by atoms with van der Waals surface area (Å²) in [6.07, 6.45) is 0.933. The van der Waals surface area contributed by atoms with Crippen LogP contribution in [0.5, 0.6) is 28.7 Å². The van der Waals surface area contributed by atoms with Gasteiger partial charge in [0.1, 0.15) is 18.1 Å². The summed E-state index contributed by atoms with van der Waals surface area (Å²) in [4.78, 5) is 35.5. The fraction of sp³-hybridized carbons (Fsp3) is 0.450. The van der Waals surface area contributed by atoms with Crippen LogP contribution in [0, 0.1) is 13.8 Å². The lowest BCUT2D eigenvalue weighted by atomic mass is 9.78. The number of phenolic OH excluding ortho intramolecular Hbond substituents is 1. The van der Waals surface area contributed by atoms with E-state index in [4.69, 9.17) is 23.7 Å². The Morgan fingerprint density at radius 1 is 1.09 bits per heavy atom. The van der Waals surface area contributed by atoms with E-state index in [2.05, 4.69) is 26.2 Å². The highest BCUT2D eigenvalue weighted by molar-refractivity contribution is 7.99. The number of ether oxygens (including phenoxy) is 5. The lowest BCUT2D eigenvalue weighted by molar-refractivity contribution is -0.215. The molecule has 9 heterocycles. The number of carbonyl (C=O) groups is 2. The fourth-order valence-electron chi connectivity index (χ4n) is 10.5. The van der Waals surface area contributed by atoms with Gasteiger partial charge in [-0.1, -0.05) is 24.3 Å². The number of methoxy groups -OCH3 is 1. The van der Waals surface area contributed by atoms with Crippen molar-refractivity contribution in [2.45, 2.75) is 68.3 Å². The first-order chi connectivity index (χ1) is 26.0. The Labute approximate surface area is 315 Å². The van der Waals surface area contributed by atoms with Gasteiger partial charge in [0.05, 0.1) is 30.1 Å². The molecule has 8 aliphatic heterocycles. The van der Waals surface area contributed by atoms with Crippen molar-refractivity contribution in [2.24, 2.45) is 0 Å². The first-order valence-corrected chi connectivity index (χ1v) is 19.4. The number of H-pyrrole nitrogens is 1. The van der Waals surface area contributed by atoms with Crippen molar-refractivity contribution in [2.75, 3.05) is 46.4 Å². The van der Waals surface area contributed by atoms with Crippen LogP contribution in [-0.2, 0) is 32.7 Å². The molecule has 7 atom stereocenters. The number of para-hydroxylation sites is 1. The van der Waals surface area contributed by atoms with Crippen molar-refractivity contribution in [3.8, 4) is 28.7 Å². The molecule has 2 fully saturated rings. The maximum Gasteiger partial charge on any atom is 0.333 e. The number of nitrogens with one attached hydrogen (secondary N) is 2. The fourth-order valence-corrected chi connectivity index (χ4v) is 12.2. The molecule has 12 rings (SSSR count). The molecule has 0 aliphatic carbocycles. The van der Waals surface area contributed by atoms with E-state index in [9.17, 15) is 19.8 Å². The van der Waals surface area contributed by atoms with E-state index in [1.165, 1.54) is 6.92 Å². The minimum absolute atomic E-state index is 0.0373. The Morgan fingerprint density at radius 2 is 1.89 bits per heavy atom. The van der Waals surface area contributed by atoms with Crippen molar-refractivity contribution in [1.29, 1.82) is 0 Å². The summed E-state index contributed by atoms with van der Waals surface area (Å²) in [5.74, 6) is 1.07. The number of nitrogens with zero attached hydrogens (tertiary/aromatic N) is 2. The zero-order chi connectivity index (χ0) is 37.4. The molecule has 13 nitrogen and oxygen atoms in total. The highest BCUT2D eigenvalue weighted by Crippen LogP contribution is 2.65. The van der Waals surface area contributed by atoms with Crippen LogP contribution >= 0.6 is 11.8 Å². The number of hydrogen-bond acceptors (Lipinski definition) is 13. The van der Waals surface area contributed by atoms with Gasteiger partial charge in [0, 0.05) is 71.4 Å². The predicted octanol–water partition coefficient (Wildman–Crippen LogP) is 4.18. The van der Waals surface area contributed by atoms with Gasteiger partial charge in [-0.2, -0.15) is 0 Å². The molecule has 4 bridgehead atoms. The molecular weight excluding hydrogens is 713 g/mol. The normalized spacial score (nSPS) is 30.6. The van der Waals surface area contributed by atoms with Gasteiger partial charge in [-0.15, -0.1) is 11.8 Å². The van der Waals surface area contributed by atoms with Crippen molar-refractivity contribution < 1.29 is 43.5 Å². The first kappa shape index (κ1) is 34.1. The number of benzene rings is 3. The third kappa shape index (κ3) is 4.42. The number of aliphatic hydroxyl groups is 1. The Morgan fingerprint density at radius 3 is 2.69 bits per heavy atom. The highest BCUT2D eigenvalue weighted by Gasteiger charge is 2.63. The minimum Gasteiger partial charge on any atom is -0.504 e. The molecule has 4 aromatic rings. The highest BCUT2D eigenvalue weighted by atomic mass is 32.2. The maximum atomic E-state index is 14.8. The van der Waals surface area contributed by atoms with Crippen LogP contribution in [-0.4, -0.2) is 95.1 Å². The van der Waals surface area contributed by atoms with E-state index in [0.717, 1.165) is 45.3 Å². The van der Waals surface area contributed by atoms with Crippen molar-refractivity contribution >= 4 is 34.6 Å². The molecule has 0 amide bonds. The molecule has 54 heavy (non-hydrogen) atoms. The average Bonchev–Trinajstić information content (AvgIpc) is 3.73. The lowest BCUT2D eigenvalue weighted by Gasteiger charge is -2.60. The van der Waals surface area contributed by atoms with Gasteiger partial charge in [0.15, 0.2) is 28.5 Å². The van der Waals surface area contributed by atoms with Crippen LogP contribution in [0.15, 0.2) is 30.3 Å². The Balaban J connectivity index is 1.25. The second kappa shape index (κ2) is 11.8. The molecule has 14 heteroatoms. The van der Waals surface area contributed by atoms with Gasteiger partial charge in [0.25, 0.3) is 0 Å². The third-order valence-corrected chi connectivity index (χ3v) is 13.9. The summed E-state index contributed by atoms with van der Waals surface area (Å²) in [6, 6.07) is 8.33. The number of likely N-dealkylation sites (N-methyl/N-ethyl adjacent to an activating group) is 1. The number of phenols is 1. The summed E-state index contributed by atoms with van der Waals surface area (Å²) in [5, 5.41) is 29.3. The van der Waals surface area contributed by atoms with Crippen LogP contribution < -0.4 is 24.3 Å². The molecular formula is C40H42N4O9S. The molecule has 0 saturated carbocycles. The standard InChI is InChI=1S/C40H42N4O9S/c1-18-12-21-13-39(48)15-43(4)29(26(21)31(46)32(18)49-5)30-36-28-27(35-34(51-17-52-35)19(2)33(28)53-20(3)45)25(44(30)39)14-50-38(47)40(16-54-36)37-23(10-11-41-40)22-8-6-7-9-24(22)42-37/h6-9,12,25,29-30,36,41-42,46,48H,10-11,13-17H2,1-5H3/t25-,29-,30+,36+,39?,40+/m0/s1. The molecule has 8 aliphatic rings. The first-order valence-electron chi connectivity index (χ1n) is 18.4. The molecule has 282 valence electrons. The van der Waals surface area contributed by atoms with Gasteiger partial charge < -0.3 is 38.9 Å². The number of fused-ring (bicyclic) bond motifs is 8. The largest absolute Gasteiger partial charge is 0.504 e. The second-order valence-electron chi connectivity index (χ2n) is 15.5. The van der Waals surface area contributed by atoms with Crippen LogP contribution in [0.2, 0.25) is 0 Å². The Hall–Kier alpha value is -4.47. The zero-order valence-corrected chi connectivity index (χ0v) is 31.5. The number of thioether (sulfide) groups is 1. The van der Waals surface area contributed by atoms with E-state index >= 15 is 0 Å². The van der Waals surface area contributed by atoms with Gasteiger partial charge >= 0.3 is 11.9 Å². The molecule has 0 radical (unpaired) electrons. The number of rotatable bonds is 2. The maximum absolute atomic E-state index is 14.8. The number of piperazine rings is 1. The van der Waals surface area contributed by atoms with Gasteiger partial charge in [-0.05, 0) is 50.1 Å². The van der Waals surface area contributed by atoms with E-state index in [1.54, 1.807) is 18.9 Å². The summed E-state index contributed by atoms with van der Waals surface area (Å²) in [6.45, 7) is 5.75. The summed E-state index contributed by atoms with van der Waals surface area (Å²) in [7, 11) is 3.51. The SMILES string of the molecule is COc1c(C)cc2c(c1O)[C@H]1[C@@H]3[C@@H]4SC[C@]5(NCCc6c5[nH]c5ccccc65)C(=O)OC[C@@H](c5c6c(c(C)c(OC(C)=O)c54)OCO6)N3C(O)(C2)CN1C. The number of aryl methyl sites for hydroxylation is 1. The monoisotopic (exact) mass is 754 g/mol. The van der Waals surface area contributed by atoms with Crippen molar-refractivity contribution in [3.05, 3.63) is 75.0 Å². The van der Waals surface area contributed by atoms with Crippen LogP contribution in [0.4, 0.5) is 0 Å². The average molecular weight is 755 g/mol. The van der Waals surface area contributed by atoms with Gasteiger partial charge in [-0.3, -0.25) is 19.9 Å². The number of aromatic hydroxyl groups is 1. The number of esters is 2. The molecule has 3 aromatic carbocycles.